The number of hydrogen-bond acceptors (Lipinski definition) is 3. The highest BCUT2D eigenvalue weighted by Gasteiger charge is 2.50. The number of nitrogens with one attached hydrogen (secondary N) is 1. The van der Waals surface area contributed by atoms with Gasteiger partial charge in [-0.25, -0.2) is 4.79 Å². The van der Waals surface area contributed by atoms with Gasteiger partial charge in [-0.2, -0.15) is 0 Å². The molecule has 0 saturated carbocycles. The fraction of sp³-hybridized carbons (Fsp3) is 0.280. The van der Waals surface area contributed by atoms with Gasteiger partial charge >= 0.3 is 6.09 Å². The zero-order valence-corrected chi connectivity index (χ0v) is 16.5. The molecule has 1 aromatic heterocycles. The zero-order chi connectivity index (χ0) is 20.2. The van der Waals surface area contributed by atoms with E-state index in [0.29, 0.717) is 12.8 Å². The van der Waals surface area contributed by atoms with Crippen molar-refractivity contribution in [1.82, 2.24) is 9.88 Å². The number of ketones is 1. The third-order valence-electron chi connectivity index (χ3n) is 6.80. The summed E-state index contributed by atoms with van der Waals surface area (Å²) in [6.07, 6.45) is 3.50. The van der Waals surface area contributed by atoms with Gasteiger partial charge in [-0.3, -0.25) is 9.69 Å². The van der Waals surface area contributed by atoms with Crippen LogP contribution in [0.2, 0.25) is 0 Å². The van der Waals surface area contributed by atoms with Crippen LogP contribution in [0.3, 0.4) is 0 Å². The summed E-state index contributed by atoms with van der Waals surface area (Å²) >= 11 is 0. The highest BCUT2D eigenvalue weighted by molar-refractivity contribution is 5.94. The monoisotopic (exact) mass is 398 g/mol. The van der Waals surface area contributed by atoms with Gasteiger partial charge in [-0.1, -0.05) is 48.5 Å². The molecule has 1 fully saturated rings. The van der Waals surface area contributed by atoms with Crippen molar-refractivity contribution in [3.63, 3.8) is 0 Å². The number of carbonyl (C=O) groups is 2. The van der Waals surface area contributed by atoms with Gasteiger partial charge in [0.15, 0.2) is 5.78 Å². The molecule has 0 spiro atoms. The molecule has 1 saturated heterocycles. The summed E-state index contributed by atoms with van der Waals surface area (Å²) in [7, 11) is 0. The summed E-state index contributed by atoms with van der Waals surface area (Å²) < 4.78 is 5.73. The fourth-order valence-electron chi connectivity index (χ4n) is 5.51. The molecule has 3 aliphatic rings. The first kappa shape index (κ1) is 17.5. The van der Waals surface area contributed by atoms with Gasteiger partial charge in [0.05, 0.1) is 12.1 Å². The van der Waals surface area contributed by atoms with E-state index < -0.39 is 0 Å². The Labute approximate surface area is 174 Å². The predicted octanol–water partition coefficient (Wildman–Crippen LogP) is 4.69. The Morgan fingerprint density at radius 3 is 2.70 bits per heavy atom. The zero-order valence-electron chi connectivity index (χ0n) is 16.5. The number of hydrogen-bond donors (Lipinski definition) is 1. The van der Waals surface area contributed by atoms with E-state index in [-0.39, 0.29) is 36.5 Å². The van der Waals surface area contributed by atoms with Crippen LogP contribution < -0.4 is 0 Å². The average molecular weight is 398 g/mol. The molecule has 3 heterocycles. The predicted molar refractivity (Wildman–Crippen MR) is 113 cm³/mol. The molecule has 1 amide bonds. The fourth-order valence-corrected chi connectivity index (χ4v) is 5.51. The quantitative estimate of drug-likeness (QED) is 0.681. The molecule has 5 heteroatoms. The second-order valence-corrected chi connectivity index (χ2v) is 8.49. The molecule has 5 nitrogen and oxygen atoms in total. The molecule has 6 rings (SSSR count). The van der Waals surface area contributed by atoms with E-state index in [2.05, 4.69) is 17.1 Å². The van der Waals surface area contributed by atoms with Gasteiger partial charge in [0, 0.05) is 23.0 Å². The first-order valence-corrected chi connectivity index (χ1v) is 10.5. The molecule has 3 atom stereocenters. The highest BCUT2D eigenvalue weighted by atomic mass is 16.6. The average Bonchev–Trinajstić information content (AvgIpc) is 3.32. The number of para-hydroxylation sites is 1. The maximum atomic E-state index is 13.3. The first-order chi connectivity index (χ1) is 14.7. The Morgan fingerprint density at radius 1 is 1.03 bits per heavy atom. The first-order valence-electron chi connectivity index (χ1n) is 10.5. The minimum Gasteiger partial charge on any atom is -0.445 e. The summed E-state index contributed by atoms with van der Waals surface area (Å²) in [6, 6.07) is 17.8. The minimum absolute atomic E-state index is 0.0949. The molecule has 1 N–H and O–H groups in total. The van der Waals surface area contributed by atoms with Crippen LogP contribution in [-0.2, 0) is 22.6 Å². The summed E-state index contributed by atoms with van der Waals surface area (Å²) in [5.74, 6) is 0.402. The van der Waals surface area contributed by atoms with Gasteiger partial charge in [-0.15, -0.1) is 0 Å². The number of nitrogens with zero attached hydrogens (tertiary/aromatic N) is 1. The standard InChI is InChI=1S/C25H22N2O3/c28-17-10-16-11-23-24-20(18-8-4-5-9-21(18)26-24)13-22(19(16)12-17)27(23)25(29)30-14-15-6-2-1-3-7-15/h1-9,12,16,22-23,26H,10-11,13-14H2/t16-,22+,23+/m1/s1. The number of carbonyl (C=O) groups excluding carboxylic acids is 2. The Morgan fingerprint density at radius 2 is 1.83 bits per heavy atom. The van der Waals surface area contributed by atoms with E-state index in [4.69, 9.17) is 4.74 Å². The third kappa shape index (κ3) is 2.61. The number of piperidine rings is 1. The summed E-state index contributed by atoms with van der Waals surface area (Å²) in [5, 5.41) is 1.21. The molecule has 30 heavy (non-hydrogen) atoms. The lowest BCUT2D eigenvalue weighted by atomic mass is 9.75. The summed E-state index contributed by atoms with van der Waals surface area (Å²) in [6.45, 7) is 0.247. The lowest BCUT2D eigenvalue weighted by Gasteiger charge is -2.48. The van der Waals surface area contributed by atoms with E-state index in [1.165, 1.54) is 10.9 Å². The number of allylic oxidation sites excluding steroid dienone is 1. The van der Waals surface area contributed by atoms with Gasteiger partial charge < -0.3 is 9.72 Å². The number of H-pyrrole nitrogens is 1. The van der Waals surface area contributed by atoms with Crippen molar-refractivity contribution >= 4 is 22.8 Å². The van der Waals surface area contributed by atoms with Crippen molar-refractivity contribution in [2.75, 3.05) is 0 Å². The van der Waals surface area contributed by atoms with Crippen molar-refractivity contribution in [3.8, 4) is 0 Å². The Kier molecular flexibility index (Phi) is 3.85. The number of rotatable bonds is 2. The van der Waals surface area contributed by atoms with Crippen molar-refractivity contribution in [3.05, 3.63) is 83.1 Å². The van der Waals surface area contributed by atoms with Crippen molar-refractivity contribution < 1.29 is 14.3 Å². The van der Waals surface area contributed by atoms with Crippen LogP contribution >= 0.6 is 0 Å². The number of amides is 1. The molecule has 0 radical (unpaired) electrons. The van der Waals surface area contributed by atoms with Crippen LogP contribution in [0.25, 0.3) is 10.9 Å². The Bertz CT molecular complexity index is 1190. The summed E-state index contributed by atoms with van der Waals surface area (Å²) in [5.41, 5.74) is 5.54. The van der Waals surface area contributed by atoms with Crippen LogP contribution in [0.15, 0.2) is 66.2 Å². The topological polar surface area (TPSA) is 62.4 Å². The van der Waals surface area contributed by atoms with Crippen molar-refractivity contribution in [1.29, 1.82) is 0 Å². The second-order valence-electron chi connectivity index (χ2n) is 8.49. The molecule has 2 aliphatic heterocycles. The molecule has 2 bridgehead atoms. The van der Waals surface area contributed by atoms with E-state index in [0.717, 1.165) is 28.8 Å². The number of fused-ring (bicyclic) bond motifs is 8. The van der Waals surface area contributed by atoms with E-state index in [1.807, 2.05) is 47.4 Å². The molecular weight excluding hydrogens is 376 g/mol. The van der Waals surface area contributed by atoms with Gasteiger partial charge in [0.25, 0.3) is 0 Å². The molecule has 150 valence electrons. The second kappa shape index (κ2) is 6.59. The maximum absolute atomic E-state index is 13.3. The van der Waals surface area contributed by atoms with Crippen molar-refractivity contribution in [2.45, 2.75) is 38.0 Å². The Balaban J connectivity index is 1.39. The smallest absolute Gasteiger partial charge is 0.411 e. The van der Waals surface area contributed by atoms with Crippen LogP contribution in [0.4, 0.5) is 4.79 Å². The number of ether oxygens (including phenoxy) is 1. The van der Waals surface area contributed by atoms with E-state index in [9.17, 15) is 9.59 Å². The van der Waals surface area contributed by atoms with Crippen LogP contribution in [0, 0.1) is 5.92 Å². The molecule has 2 aromatic carbocycles. The lowest BCUT2D eigenvalue weighted by Crippen LogP contribution is -2.52. The number of aromatic nitrogens is 1. The number of benzene rings is 2. The van der Waals surface area contributed by atoms with E-state index >= 15 is 0 Å². The minimum atomic E-state index is -0.308. The van der Waals surface area contributed by atoms with E-state index in [1.54, 1.807) is 6.08 Å². The lowest BCUT2D eigenvalue weighted by molar-refractivity contribution is -0.114. The van der Waals surface area contributed by atoms with Crippen molar-refractivity contribution in [2.24, 2.45) is 5.92 Å². The summed E-state index contributed by atoms with van der Waals surface area (Å²) in [4.78, 5) is 30.9. The van der Waals surface area contributed by atoms with Crippen LogP contribution in [0.1, 0.15) is 35.7 Å². The SMILES string of the molecule is O=C1C=C2[C@H](C1)C[C@H]1c3[nH]c4ccccc4c3C[C@@H]2N1C(=O)OCc1ccccc1. The van der Waals surface area contributed by atoms with Gasteiger partial charge in [-0.05, 0) is 47.6 Å². The van der Waals surface area contributed by atoms with Gasteiger partial charge in [0.1, 0.15) is 6.61 Å². The maximum Gasteiger partial charge on any atom is 0.411 e. The van der Waals surface area contributed by atoms with Crippen LogP contribution in [0.5, 0.6) is 0 Å². The normalized spacial score (nSPS) is 24.4. The molecule has 0 unspecified atom stereocenters. The van der Waals surface area contributed by atoms with Gasteiger partial charge in [0.2, 0.25) is 0 Å². The number of aromatic amines is 1. The largest absolute Gasteiger partial charge is 0.445 e. The molecule has 1 aliphatic carbocycles. The highest BCUT2D eigenvalue weighted by Crippen LogP contribution is 2.50. The third-order valence-corrected chi connectivity index (χ3v) is 6.80. The Hall–Kier alpha value is -3.34. The molecule has 3 aromatic rings. The van der Waals surface area contributed by atoms with Crippen LogP contribution in [-0.4, -0.2) is 27.8 Å². The molecular formula is C25H22N2O3.